The number of amides is 1. The molecule has 9 nitrogen and oxygen atoms in total. The van der Waals surface area contributed by atoms with Gasteiger partial charge < -0.3 is 15.0 Å². The number of carboxylic acid groups (broad SMARTS) is 1. The molecule has 27 heavy (non-hydrogen) atoms. The summed E-state index contributed by atoms with van der Waals surface area (Å²) < 4.78 is 27.5. The van der Waals surface area contributed by atoms with Gasteiger partial charge in [0.05, 0.1) is 15.9 Å². The molecule has 0 unspecified atom stereocenters. The maximum Gasteiger partial charge on any atom is 0.329 e. The highest BCUT2D eigenvalue weighted by atomic mass is 32.2. The normalized spacial score (nSPS) is 15.9. The van der Waals surface area contributed by atoms with Crippen molar-refractivity contribution in [3.8, 4) is 0 Å². The first-order valence-electron chi connectivity index (χ1n) is 8.49. The van der Waals surface area contributed by atoms with Crippen molar-refractivity contribution >= 4 is 32.9 Å². The summed E-state index contributed by atoms with van der Waals surface area (Å²) in [6.45, 7) is 0. The van der Waals surface area contributed by atoms with Crippen molar-refractivity contribution in [3.05, 3.63) is 24.0 Å². The first-order valence-corrected chi connectivity index (χ1v) is 9.93. The van der Waals surface area contributed by atoms with E-state index >= 15 is 0 Å². The number of carbonyl (C=O) groups is 2. The van der Waals surface area contributed by atoms with Crippen LogP contribution in [0.3, 0.4) is 0 Å². The third-order valence-electron chi connectivity index (χ3n) is 4.84. The molecule has 0 saturated heterocycles. The smallest absolute Gasteiger partial charge is 0.329 e. The number of carboxylic acids is 1. The lowest BCUT2D eigenvalue weighted by atomic mass is 10.2. The fourth-order valence-corrected chi connectivity index (χ4v) is 3.82. The van der Waals surface area contributed by atoms with E-state index in [9.17, 15) is 18.0 Å². The first-order chi connectivity index (χ1) is 12.6. The predicted octanol–water partition coefficient (Wildman–Crippen LogP) is 0.490. The highest BCUT2D eigenvalue weighted by molar-refractivity contribution is 7.89. The molecule has 2 aromatic rings. The summed E-state index contributed by atoms with van der Waals surface area (Å²) in [7, 11) is 1.17. The molecule has 1 amide bonds. The second kappa shape index (κ2) is 6.61. The monoisotopic (exact) mass is 394 g/mol. The molecule has 0 radical (unpaired) electrons. The molecule has 0 aliphatic heterocycles. The molecule has 146 valence electrons. The zero-order valence-corrected chi connectivity index (χ0v) is 16.2. The lowest BCUT2D eigenvalue weighted by Crippen LogP contribution is -2.43. The Balaban J connectivity index is 1.77. The molecule has 1 saturated carbocycles. The van der Waals surface area contributed by atoms with Gasteiger partial charge in [0.15, 0.2) is 0 Å². The van der Waals surface area contributed by atoms with Gasteiger partial charge in [-0.15, -0.1) is 0 Å². The number of rotatable bonds is 7. The average Bonchev–Trinajstić information content (AvgIpc) is 3.31. The van der Waals surface area contributed by atoms with Gasteiger partial charge in [-0.25, -0.2) is 22.5 Å². The number of carbonyl (C=O) groups excluding carboxylic acids is 1. The number of nitrogens with one attached hydrogen (secondary N) is 1. The molecule has 0 spiro atoms. The van der Waals surface area contributed by atoms with Gasteiger partial charge in [0.2, 0.25) is 15.9 Å². The zero-order valence-electron chi connectivity index (χ0n) is 15.4. The van der Waals surface area contributed by atoms with Gasteiger partial charge in [0, 0.05) is 34.0 Å². The van der Waals surface area contributed by atoms with Gasteiger partial charge in [-0.1, -0.05) is 0 Å². The molecule has 0 bridgehead atoms. The van der Waals surface area contributed by atoms with Crippen molar-refractivity contribution in [1.29, 1.82) is 0 Å². The molecule has 1 aromatic carbocycles. The standard InChI is InChI=1S/C17H22N4O5S/c1-20(2)27(25,26)11-4-5-13-12(10-11)18-14(21(13)3)6-7-15(22)19-17(8-9-17)16(23)24/h4-5,10H,6-9H2,1-3H3,(H,19,22)(H,23,24). The Labute approximate surface area is 157 Å². The third-order valence-corrected chi connectivity index (χ3v) is 6.65. The van der Waals surface area contributed by atoms with E-state index in [-0.39, 0.29) is 17.2 Å². The van der Waals surface area contributed by atoms with Crippen molar-refractivity contribution < 1.29 is 23.1 Å². The molecule has 10 heteroatoms. The molecule has 1 heterocycles. The maximum atomic E-state index is 12.3. The summed E-state index contributed by atoms with van der Waals surface area (Å²) in [5, 5.41) is 11.7. The highest BCUT2D eigenvalue weighted by Crippen LogP contribution is 2.35. The zero-order chi connectivity index (χ0) is 20.0. The second-order valence-corrected chi connectivity index (χ2v) is 9.11. The van der Waals surface area contributed by atoms with Crippen LogP contribution < -0.4 is 5.32 Å². The van der Waals surface area contributed by atoms with Crippen LogP contribution in [0.15, 0.2) is 23.1 Å². The van der Waals surface area contributed by atoms with Crippen LogP contribution in [0.2, 0.25) is 0 Å². The molecular formula is C17H22N4O5S. The van der Waals surface area contributed by atoms with Crippen molar-refractivity contribution in [3.63, 3.8) is 0 Å². The first kappa shape index (κ1) is 19.3. The van der Waals surface area contributed by atoms with Gasteiger partial charge in [-0.05, 0) is 31.0 Å². The minimum Gasteiger partial charge on any atom is -0.480 e. The Morgan fingerprint density at radius 2 is 2.00 bits per heavy atom. The van der Waals surface area contributed by atoms with Crippen LogP contribution in [0, 0.1) is 0 Å². The van der Waals surface area contributed by atoms with Crippen LogP contribution >= 0.6 is 0 Å². The summed E-state index contributed by atoms with van der Waals surface area (Å²) in [5.41, 5.74) is 0.186. The number of aromatic nitrogens is 2. The number of aryl methyl sites for hydroxylation is 2. The summed E-state index contributed by atoms with van der Waals surface area (Å²) in [6, 6.07) is 4.73. The minimum atomic E-state index is -3.55. The number of imidazole rings is 1. The quantitative estimate of drug-likeness (QED) is 0.705. The molecule has 1 aliphatic carbocycles. The van der Waals surface area contributed by atoms with Gasteiger partial charge in [-0.2, -0.15) is 0 Å². The average molecular weight is 394 g/mol. The molecule has 2 N–H and O–H groups in total. The summed E-state index contributed by atoms with van der Waals surface area (Å²) in [5.74, 6) is -0.717. The predicted molar refractivity (Wildman–Crippen MR) is 97.7 cm³/mol. The van der Waals surface area contributed by atoms with Crippen molar-refractivity contribution in [2.45, 2.75) is 36.1 Å². The van der Waals surface area contributed by atoms with Gasteiger partial charge >= 0.3 is 5.97 Å². The molecule has 1 aromatic heterocycles. The number of hydrogen-bond acceptors (Lipinski definition) is 5. The number of sulfonamides is 1. The Morgan fingerprint density at radius 3 is 2.56 bits per heavy atom. The topological polar surface area (TPSA) is 122 Å². The van der Waals surface area contributed by atoms with E-state index in [0.717, 1.165) is 9.82 Å². The molecule has 3 rings (SSSR count). The third kappa shape index (κ3) is 3.54. The van der Waals surface area contributed by atoms with Gasteiger partial charge in [0.1, 0.15) is 11.4 Å². The number of aliphatic carboxylic acids is 1. The minimum absolute atomic E-state index is 0.106. The molecular weight excluding hydrogens is 372 g/mol. The van der Waals surface area contributed by atoms with E-state index in [1.165, 1.54) is 26.2 Å². The Kier molecular flexibility index (Phi) is 4.73. The van der Waals surface area contributed by atoms with Crippen molar-refractivity contribution in [2.75, 3.05) is 14.1 Å². The lowest BCUT2D eigenvalue weighted by Gasteiger charge is -2.12. The Hall–Kier alpha value is -2.46. The van der Waals surface area contributed by atoms with E-state index in [1.807, 2.05) is 0 Å². The maximum absolute atomic E-state index is 12.3. The van der Waals surface area contributed by atoms with E-state index in [2.05, 4.69) is 10.3 Å². The Morgan fingerprint density at radius 1 is 1.33 bits per heavy atom. The van der Waals surface area contributed by atoms with Gasteiger partial charge in [0.25, 0.3) is 0 Å². The summed E-state index contributed by atoms with van der Waals surface area (Å²) >= 11 is 0. The largest absolute Gasteiger partial charge is 0.480 e. The molecule has 1 aliphatic rings. The highest BCUT2D eigenvalue weighted by Gasteiger charge is 2.51. The van der Waals surface area contributed by atoms with Crippen LogP contribution in [0.1, 0.15) is 25.1 Å². The fourth-order valence-electron chi connectivity index (χ4n) is 2.90. The van der Waals surface area contributed by atoms with E-state index in [1.54, 1.807) is 17.7 Å². The fraction of sp³-hybridized carbons (Fsp3) is 0.471. The van der Waals surface area contributed by atoms with Crippen LogP contribution in [-0.2, 0) is 33.1 Å². The summed E-state index contributed by atoms with van der Waals surface area (Å²) in [6.07, 6.45) is 1.32. The molecule has 0 atom stereocenters. The Bertz CT molecular complexity index is 1020. The van der Waals surface area contributed by atoms with Crippen molar-refractivity contribution in [2.24, 2.45) is 7.05 Å². The SMILES string of the molecule is CN(C)S(=O)(=O)c1ccc2c(c1)nc(CCC(=O)NC1(C(=O)O)CC1)n2C. The number of fused-ring (bicyclic) bond motifs is 1. The van der Waals surface area contributed by atoms with Crippen LogP contribution in [-0.4, -0.2) is 58.9 Å². The van der Waals surface area contributed by atoms with E-state index in [4.69, 9.17) is 5.11 Å². The van der Waals surface area contributed by atoms with E-state index < -0.39 is 21.5 Å². The van der Waals surface area contributed by atoms with E-state index in [0.29, 0.717) is 30.6 Å². The van der Waals surface area contributed by atoms with Crippen LogP contribution in [0.4, 0.5) is 0 Å². The summed E-state index contributed by atoms with van der Waals surface area (Å²) in [4.78, 5) is 27.8. The number of hydrogen-bond donors (Lipinski definition) is 2. The second-order valence-electron chi connectivity index (χ2n) is 6.96. The van der Waals surface area contributed by atoms with Crippen LogP contribution in [0.25, 0.3) is 11.0 Å². The van der Waals surface area contributed by atoms with Crippen molar-refractivity contribution in [1.82, 2.24) is 19.2 Å². The number of benzene rings is 1. The van der Waals surface area contributed by atoms with Crippen LogP contribution in [0.5, 0.6) is 0 Å². The van der Waals surface area contributed by atoms with Gasteiger partial charge in [-0.3, -0.25) is 4.79 Å². The molecule has 1 fully saturated rings. The lowest BCUT2D eigenvalue weighted by molar-refractivity contribution is -0.143. The number of nitrogens with zero attached hydrogens (tertiary/aromatic N) is 3.